The minimum absolute atomic E-state index is 0.300. The van der Waals surface area contributed by atoms with Crippen LogP contribution in [0.1, 0.15) is 25.7 Å². The Morgan fingerprint density at radius 1 is 1.25 bits per heavy atom. The van der Waals surface area contributed by atoms with E-state index in [0.717, 1.165) is 25.7 Å². The van der Waals surface area contributed by atoms with E-state index in [4.69, 9.17) is 27.9 Å². The van der Waals surface area contributed by atoms with Crippen LogP contribution in [0.15, 0.2) is 18.2 Å². The van der Waals surface area contributed by atoms with Crippen molar-refractivity contribution in [2.24, 2.45) is 0 Å². The summed E-state index contributed by atoms with van der Waals surface area (Å²) in [6.45, 7) is 0.300. The lowest BCUT2D eigenvalue weighted by Crippen LogP contribution is -2.32. The highest BCUT2D eigenvalue weighted by Gasteiger charge is 2.32. The fourth-order valence-electron chi connectivity index (χ4n) is 1.98. The predicted molar refractivity (Wildman–Crippen MR) is 65.4 cm³/mol. The average Bonchev–Trinajstić information content (AvgIpc) is 2.64. The Morgan fingerprint density at radius 2 is 1.94 bits per heavy atom. The zero-order valence-electron chi connectivity index (χ0n) is 8.88. The molecule has 1 aliphatic rings. The SMILES string of the molecule is OC1(COc2ccc(Cl)cc2Cl)CCCC1. The van der Waals surface area contributed by atoms with Crippen LogP contribution < -0.4 is 4.74 Å². The Bertz CT molecular complexity index is 373. The van der Waals surface area contributed by atoms with Gasteiger partial charge in [-0.3, -0.25) is 0 Å². The Hall–Kier alpha value is -0.440. The summed E-state index contributed by atoms with van der Waals surface area (Å²) in [7, 11) is 0. The van der Waals surface area contributed by atoms with Gasteiger partial charge in [0.25, 0.3) is 0 Å². The molecule has 0 radical (unpaired) electrons. The number of hydrogen-bond acceptors (Lipinski definition) is 2. The molecule has 0 spiro atoms. The maximum Gasteiger partial charge on any atom is 0.138 e. The number of rotatable bonds is 3. The van der Waals surface area contributed by atoms with Crippen LogP contribution in [0.25, 0.3) is 0 Å². The lowest BCUT2D eigenvalue weighted by atomic mass is 10.0. The van der Waals surface area contributed by atoms with Crippen molar-refractivity contribution in [2.45, 2.75) is 31.3 Å². The summed E-state index contributed by atoms with van der Waals surface area (Å²) < 4.78 is 5.54. The van der Waals surface area contributed by atoms with Crippen LogP contribution in [0.2, 0.25) is 10.0 Å². The van der Waals surface area contributed by atoms with Gasteiger partial charge in [0.05, 0.1) is 10.6 Å². The monoisotopic (exact) mass is 260 g/mol. The van der Waals surface area contributed by atoms with E-state index in [9.17, 15) is 5.11 Å². The largest absolute Gasteiger partial charge is 0.489 e. The molecule has 1 aliphatic carbocycles. The number of hydrogen-bond donors (Lipinski definition) is 1. The van der Waals surface area contributed by atoms with Gasteiger partial charge < -0.3 is 9.84 Å². The molecule has 1 aromatic carbocycles. The topological polar surface area (TPSA) is 29.5 Å². The predicted octanol–water partition coefficient (Wildman–Crippen LogP) is 3.68. The molecule has 88 valence electrons. The summed E-state index contributed by atoms with van der Waals surface area (Å²) in [6.07, 6.45) is 3.73. The van der Waals surface area contributed by atoms with Gasteiger partial charge in [0.1, 0.15) is 12.4 Å². The van der Waals surface area contributed by atoms with Gasteiger partial charge in [-0.05, 0) is 31.0 Å². The quantitative estimate of drug-likeness (QED) is 0.899. The fraction of sp³-hybridized carbons (Fsp3) is 0.500. The first-order valence-electron chi connectivity index (χ1n) is 5.39. The van der Waals surface area contributed by atoms with Crippen LogP contribution in [-0.2, 0) is 0 Å². The molecule has 0 atom stereocenters. The Kier molecular flexibility index (Phi) is 3.63. The molecule has 2 rings (SSSR count). The summed E-state index contributed by atoms with van der Waals surface area (Å²) in [5.41, 5.74) is -0.678. The lowest BCUT2D eigenvalue weighted by Gasteiger charge is -2.22. The fourth-order valence-corrected chi connectivity index (χ4v) is 2.44. The van der Waals surface area contributed by atoms with Gasteiger partial charge in [0.2, 0.25) is 0 Å². The van der Waals surface area contributed by atoms with Crippen molar-refractivity contribution in [2.75, 3.05) is 6.61 Å². The molecule has 0 unspecified atom stereocenters. The van der Waals surface area contributed by atoms with Crippen molar-refractivity contribution in [3.63, 3.8) is 0 Å². The van der Waals surface area contributed by atoms with E-state index >= 15 is 0 Å². The Balaban J connectivity index is 1.99. The summed E-state index contributed by atoms with van der Waals surface area (Å²) in [5, 5.41) is 11.2. The van der Waals surface area contributed by atoms with E-state index in [0.29, 0.717) is 22.4 Å². The van der Waals surface area contributed by atoms with Crippen LogP contribution in [-0.4, -0.2) is 17.3 Å². The minimum atomic E-state index is -0.678. The third-order valence-corrected chi connectivity index (χ3v) is 3.46. The molecule has 0 amide bonds. The maximum absolute atomic E-state index is 10.1. The minimum Gasteiger partial charge on any atom is -0.489 e. The molecule has 1 fully saturated rings. The number of aliphatic hydroxyl groups is 1. The van der Waals surface area contributed by atoms with Crippen LogP contribution in [0.5, 0.6) is 5.75 Å². The third kappa shape index (κ3) is 2.82. The molecule has 0 aromatic heterocycles. The highest BCUT2D eigenvalue weighted by molar-refractivity contribution is 6.35. The summed E-state index contributed by atoms with van der Waals surface area (Å²) in [4.78, 5) is 0. The molecule has 1 N–H and O–H groups in total. The molecule has 0 bridgehead atoms. The Morgan fingerprint density at radius 3 is 2.56 bits per heavy atom. The molecular formula is C12H14Cl2O2. The van der Waals surface area contributed by atoms with E-state index in [1.165, 1.54) is 0 Å². The maximum atomic E-state index is 10.1. The molecule has 0 aliphatic heterocycles. The van der Waals surface area contributed by atoms with E-state index in [1.807, 2.05) is 0 Å². The van der Waals surface area contributed by atoms with Crippen molar-refractivity contribution in [1.29, 1.82) is 0 Å². The smallest absolute Gasteiger partial charge is 0.138 e. The van der Waals surface area contributed by atoms with Crippen molar-refractivity contribution in [3.8, 4) is 5.75 Å². The highest BCUT2D eigenvalue weighted by atomic mass is 35.5. The van der Waals surface area contributed by atoms with Crippen molar-refractivity contribution < 1.29 is 9.84 Å². The molecule has 1 saturated carbocycles. The molecule has 0 heterocycles. The molecule has 4 heteroatoms. The van der Waals surface area contributed by atoms with E-state index in [1.54, 1.807) is 18.2 Å². The second-order valence-electron chi connectivity index (χ2n) is 4.29. The molecule has 1 aromatic rings. The van der Waals surface area contributed by atoms with Gasteiger partial charge in [0, 0.05) is 5.02 Å². The second kappa shape index (κ2) is 4.82. The van der Waals surface area contributed by atoms with Crippen molar-refractivity contribution in [1.82, 2.24) is 0 Å². The molecular weight excluding hydrogens is 247 g/mol. The summed E-state index contributed by atoms with van der Waals surface area (Å²) in [6, 6.07) is 5.08. The van der Waals surface area contributed by atoms with Crippen LogP contribution in [0.4, 0.5) is 0 Å². The first kappa shape index (κ1) is 12.0. The van der Waals surface area contributed by atoms with Gasteiger partial charge in [-0.25, -0.2) is 0 Å². The zero-order valence-corrected chi connectivity index (χ0v) is 10.4. The van der Waals surface area contributed by atoms with Gasteiger partial charge >= 0.3 is 0 Å². The van der Waals surface area contributed by atoms with E-state index < -0.39 is 5.60 Å². The van der Waals surface area contributed by atoms with Crippen LogP contribution in [0, 0.1) is 0 Å². The standard InChI is InChI=1S/C12H14Cl2O2/c13-9-3-4-11(10(14)7-9)16-8-12(15)5-1-2-6-12/h3-4,7,15H,1-2,5-6,8H2. The molecule has 2 nitrogen and oxygen atoms in total. The second-order valence-corrected chi connectivity index (χ2v) is 5.14. The zero-order chi connectivity index (χ0) is 11.6. The number of halogens is 2. The molecule has 16 heavy (non-hydrogen) atoms. The lowest BCUT2D eigenvalue weighted by molar-refractivity contribution is 0.00145. The van der Waals surface area contributed by atoms with E-state index in [-0.39, 0.29) is 0 Å². The molecule has 0 saturated heterocycles. The van der Waals surface area contributed by atoms with Crippen molar-refractivity contribution >= 4 is 23.2 Å². The van der Waals surface area contributed by atoms with Crippen molar-refractivity contribution in [3.05, 3.63) is 28.2 Å². The van der Waals surface area contributed by atoms with Crippen LogP contribution >= 0.6 is 23.2 Å². The van der Waals surface area contributed by atoms with Gasteiger partial charge in [0.15, 0.2) is 0 Å². The Labute approximate surface area is 105 Å². The van der Waals surface area contributed by atoms with Gasteiger partial charge in [-0.1, -0.05) is 36.0 Å². The third-order valence-electron chi connectivity index (χ3n) is 2.92. The first-order valence-corrected chi connectivity index (χ1v) is 6.15. The van der Waals surface area contributed by atoms with E-state index in [2.05, 4.69) is 0 Å². The summed E-state index contributed by atoms with van der Waals surface area (Å²) >= 11 is 11.8. The summed E-state index contributed by atoms with van der Waals surface area (Å²) in [5.74, 6) is 0.575. The average molecular weight is 261 g/mol. The number of benzene rings is 1. The first-order chi connectivity index (χ1) is 7.59. The van der Waals surface area contributed by atoms with Gasteiger partial charge in [-0.15, -0.1) is 0 Å². The normalized spacial score (nSPS) is 18.7. The van der Waals surface area contributed by atoms with Crippen LogP contribution in [0.3, 0.4) is 0 Å². The van der Waals surface area contributed by atoms with Gasteiger partial charge in [-0.2, -0.15) is 0 Å². The highest BCUT2D eigenvalue weighted by Crippen LogP contribution is 2.32. The number of ether oxygens (including phenoxy) is 1.